The third-order valence-corrected chi connectivity index (χ3v) is 4.60. The van der Waals surface area contributed by atoms with E-state index >= 15 is 0 Å². The maximum atomic E-state index is 12.2. The Hall–Kier alpha value is -3.03. The molecular weight excluding hydrogens is 348 g/mol. The Morgan fingerprint density at radius 1 is 1.15 bits per heavy atom. The first-order valence-corrected chi connectivity index (χ1v) is 8.55. The van der Waals surface area contributed by atoms with E-state index in [0.717, 1.165) is 0 Å². The Morgan fingerprint density at radius 2 is 1.70 bits per heavy atom. The van der Waals surface area contributed by atoms with Crippen LogP contribution in [0.2, 0.25) is 0 Å². The van der Waals surface area contributed by atoms with Crippen molar-refractivity contribution in [2.24, 2.45) is 5.41 Å². The van der Waals surface area contributed by atoms with Crippen molar-refractivity contribution < 1.29 is 9.90 Å². The second-order valence-electron chi connectivity index (χ2n) is 7.93. The monoisotopic (exact) mass is 374 g/mol. The third kappa shape index (κ3) is 3.89. The molecular formula is C19H26N4O4. The van der Waals surface area contributed by atoms with Crippen molar-refractivity contribution in [3.8, 4) is 5.75 Å². The molecule has 27 heavy (non-hydrogen) atoms. The average Bonchev–Trinajstić information content (AvgIpc) is 2.58. The zero-order valence-corrected chi connectivity index (χ0v) is 16.4. The molecule has 0 spiro atoms. The van der Waals surface area contributed by atoms with Crippen molar-refractivity contribution in [1.82, 2.24) is 4.90 Å². The lowest BCUT2D eigenvalue weighted by Gasteiger charge is -2.30. The number of carbonyl (C=O) groups is 1. The van der Waals surface area contributed by atoms with Crippen LogP contribution in [-0.2, 0) is 0 Å². The number of aromatic hydroxyl groups is 1. The van der Waals surface area contributed by atoms with Crippen molar-refractivity contribution in [2.45, 2.75) is 33.7 Å². The Labute approximate surface area is 157 Å². The van der Waals surface area contributed by atoms with Gasteiger partial charge in [-0.05, 0) is 24.5 Å². The van der Waals surface area contributed by atoms with Crippen LogP contribution in [0, 0.1) is 5.41 Å². The van der Waals surface area contributed by atoms with Crippen LogP contribution in [0.4, 0.5) is 22.7 Å². The van der Waals surface area contributed by atoms with E-state index in [9.17, 15) is 19.5 Å². The van der Waals surface area contributed by atoms with Gasteiger partial charge in [-0.3, -0.25) is 14.4 Å². The van der Waals surface area contributed by atoms with Crippen molar-refractivity contribution in [1.29, 1.82) is 0 Å². The summed E-state index contributed by atoms with van der Waals surface area (Å²) in [6.45, 7) is 7.93. The minimum atomic E-state index is -0.694. The molecule has 0 fully saturated rings. The number of benzene rings is 1. The van der Waals surface area contributed by atoms with E-state index in [1.807, 2.05) is 27.7 Å². The average molecular weight is 374 g/mol. The number of nitrogens with one attached hydrogen (secondary N) is 2. The van der Waals surface area contributed by atoms with E-state index < -0.39 is 16.8 Å². The number of phenols is 1. The van der Waals surface area contributed by atoms with E-state index in [0.29, 0.717) is 0 Å². The number of carbonyl (C=O) groups excluding carboxylic acids is 1. The summed E-state index contributed by atoms with van der Waals surface area (Å²) in [7, 11) is 3.09. The van der Waals surface area contributed by atoms with E-state index in [4.69, 9.17) is 5.73 Å². The Balaban J connectivity index is 2.42. The normalized spacial score (nSPS) is 12.7. The Morgan fingerprint density at radius 3 is 2.22 bits per heavy atom. The smallest absolute Gasteiger partial charge is 0.257 e. The van der Waals surface area contributed by atoms with Crippen LogP contribution in [0.3, 0.4) is 0 Å². The number of anilines is 4. The highest BCUT2D eigenvalue weighted by Crippen LogP contribution is 2.35. The standard InChI is InChI=1S/C19H26N4O4/c1-9(19(2,3)4)21-13-14(17(26)16(13)25)22-12-8-10(20)7-11(15(12)24)18(27)23(5)6/h7-9,21-22,24H,20H2,1-6H3/t9-/m0/s1. The van der Waals surface area contributed by atoms with Gasteiger partial charge in [0.1, 0.15) is 11.4 Å². The van der Waals surface area contributed by atoms with Crippen molar-refractivity contribution in [3.63, 3.8) is 0 Å². The number of nitrogens with zero attached hydrogens (tertiary/aromatic N) is 1. The van der Waals surface area contributed by atoms with Crippen LogP contribution < -0.4 is 27.2 Å². The molecule has 0 aliphatic carbocycles. The van der Waals surface area contributed by atoms with Gasteiger partial charge in [-0.1, -0.05) is 20.8 Å². The fourth-order valence-electron chi connectivity index (χ4n) is 2.37. The highest BCUT2D eigenvalue weighted by molar-refractivity contribution is 6.00. The molecule has 1 amide bonds. The molecule has 0 unspecified atom stereocenters. The maximum absolute atomic E-state index is 12.2. The summed E-state index contributed by atoms with van der Waals surface area (Å²) in [5, 5.41) is 16.3. The minimum absolute atomic E-state index is 0.00114. The molecule has 0 heterocycles. The lowest BCUT2D eigenvalue weighted by Crippen LogP contribution is -2.41. The molecule has 8 heteroatoms. The fourth-order valence-corrected chi connectivity index (χ4v) is 2.37. The Bertz CT molecular complexity index is 950. The third-order valence-electron chi connectivity index (χ3n) is 4.60. The second-order valence-corrected chi connectivity index (χ2v) is 7.93. The number of amides is 1. The molecule has 2 rings (SSSR count). The second kappa shape index (κ2) is 6.94. The predicted octanol–water partition coefficient (Wildman–Crippen LogP) is 1.86. The lowest BCUT2D eigenvalue weighted by molar-refractivity contribution is 0.0825. The van der Waals surface area contributed by atoms with Crippen LogP contribution in [0.15, 0.2) is 21.7 Å². The molecule has 5 N–H and O–H groups in total. The molecule has 0 aliphatic heterocycles. The molecule has 0 aliphatic rings. The van der Waals surface area contributed by atoms with Crippen LogP contribution >= 0.6 is 0 Å². The van der Waals surface area contributed by atoms with E-state index in [1.165, 1.54) is 17.0 Å². The zero-order valence-electron chi connectivity index (χ0n) is 16.4. The summed E-state index contributed by atoms with van der Waals surface area (Å²) in [6, 6.07) is 2.67. The molecule has 0 radical (unpaired) electrons. The molecule has 2 aromatic rings. The first kappa shape index (κ1) is 20.3. The van der Waals surface area contributed by atoms with Gasteiger partial charge in [0.25, 0.3) is 16.8 Å². The van der Waals surface area contributed by atoms with Gasteiger partial charge in [0, 0.05) is 25.8 Å². The van der Waals surface area contributed by atoms with Crippen LogP contribution in [0.1, 0.15) is 38.1 Å². The summed E-state index contributed by atoms with van der Waals surface area (Å²) in [4.78, 5) is 37.5. The summed E-state index contributed by atoms with van der Waals surface area (Å²) in [6.07, 6.45) is 0. The van der Waals surface area contributed by atoms with Gasteiger partial charge in [0.15, 0.2) is 5.75 Å². The molecule has 0 saturated heterocycles. The van der Waals surface area contributed by atoms with Crippen LogP contribution in [0.5, 0.6) is 5.75 Å². The van der Waals surface area contributed by atoms with Gasteiger partial charge in [0.2, 0.25) is 0 Å². The number of hydrogen-bond donors (Lipinski definition) is 4. The maximum Gasteiger partial charge on any atom is 0.257 e. The molecule has 8 nitrogen and oxygen atoms in total. The largest absolute Gasteiger partial charge is 0.505 e. The molecule has 1 atom stereocenters. The summed E-state index contributed by atoms with van der Waals surface area (Å²) < 4.78 is 0. The Kier molecular flexibility index (Phi) is 5.21. The first-order chi connectivity index (χ1) is 12.3. The van der Waals surface area contributed by atoms with Crippen molar-refractivity contribution in [2.75, 3.05) is 30.5 Å². The van der Waals surface area contributed by atoms with Crippen molar-refractivity contribution >= 4 is 28.7 Å². The number of rotatable bonds is 5. The summed E-state index contributed by atoms with van der Waals surface area (Å²) in [5.74, 6) is -0.779. The predicted molar refractivity (Wildman–Crippen MR) is 108 cm³/mol. The SMILES string of the molecule is C[C@H](Nc1c(Nc2cc(N)cc(C(=O)N(C)C)c2O)c(=O)c1=O)C(C)(C)C. The number of phenolic OH excluding ortho intramolecular Hbond substituents is 1. The minimum Gasteiger partial charge on any atom is -0.505 e. The van der Waals surface area contributed by atoms with Gasteiger partial charge in [-0.15, -0.1) is 0 Å². The quantitative estimate of drug-likeness (QED) is 0.272. The van der Waals surface area contributed by atoms with Gasteiger partial charge < -0.3 is 26.4 Å². The van der Waals surface area contributed by atoms with Gasteiger partial charge in [0.05, 0.1) is 11.3 Å². The van der Waals surface area contributed by atoms with E-state index in [1.54, 1.807) is 14.1 Å². The highest BCUT2D eigenvalue weighted by atomic mass is 16.3. The van der Waals surface area contributed by atoms with Gasteiger partial charge >= 0.3 is 0 Å². The lowest BCUT2D eigenvalue weighted by atomic mass is 9.87. The van der Waals surface area contributed by atoms with E-state index in [2.05, 4.69) is 10.6 Å². The topological polar surface area (TPSA) is 125 Å². The molecule has 0 aromatic heterocycles. The van der Waals surface area contributed by atoms with Crippen LogP contribution in [-0.4, -0.2) is 36.1 Å². The van der Waals surface area contributed by atoms with Gasteiger partial charge in [-0.25, -0.2) is 0 Å². The van der Waals surface area contributed by atoms with E-state index in [-0.39, 0.29) is 45.5 Å². The first-order valence-electron chi connectivity index (χ1n) is 8.55. The molecule has 0 bridgehead atoms. The summed E-state index contributed by atoms with van der Waals surface area (Å²) >= 11 is 0. The molecule has 146 valence electrons. The fraction of sp³-hybridized carbons (Fsp3) is 0.421. The van der Waals surface area contributed by atoms with Crippen molar-refractivity contribution in [3.05, 3.63) is 38.1 Å². The number of nitrogen functional groups attached to an aromatic ring is 1. The highest BCUT2D eigenvalue weighted by Gasteiger charge is 2.28. The number of hydrogen-bond acceptors (Lipinski definition) is 7. The number of nitrogens with two attached hydrogens (primary N) is 1. The van der Waals surface area contributed by atoms with Gasteiger partial charge in [-0.2, -0.15) is 0 Å². The summed E-state index contributed by atoms with van der Waals surface area (Å²) in [5.41, 5.74) is 4.89. The molecule has 0 saturated carbocycles. The zero-order chi connectivity index (χ0) is 20.7. The molecule has 2 aromatic carbocycles. The van der Waals surface area contributed by atoms with Crippen LogP contribution in [0.25, 0.3) is 0 Å².